The second-order valence-electron chi connectivity index (χ2n) is 4.39. The van der Waals surface area contributed by atoms with Gasteiger partial charge in [0.25, 0.3) is 5.56 Å². The molecule has 4 atom stereocenters. The summed E-state index contributed by atoms with van der Waals surface area (Å²) in [4.78, 5) is 17.9. The fraction of sp³-hybridized carbons (Fsp3) is 0.556. The molecule has 1 aliphatic rings. The van der Waals surface area contributed by atoms with E-state index in [0.29, 0.717) is 0 Å². The molecular formula is C9H12N6O5. The van der Waals surface area contributed by atoms with Crippen LogP contribution in [0.15, 0.2) is 4.79 Å². The van der Waals surface area contributed by atoms with Gasteiger partial charge in [-0.05, 0) is 0 Å². The van der Waals surface area contributed by atoms with Crippen LogP contribution >= 0.6 is 0 Å². The number of nitrogen functional groups attached to an aromatic ring is 1. The molecule has 0 saturated carbocycles. The topological polar surface area (TPSA) is 172 Å². The van der Waals surface area contributed by atoms with Crippen LogP contribution in [-0.2, 0) is 4.74 Å². The van der Waals surface area contributed by atoms with Gasteiger partial charge in [0.15, 0.2) is 11.7 Å². The Morgan fingerprint density at radius 1 is 1.40 bits per heavy atom. The molecule has 11 heteroatoms. The maximum absolute atomic E-state index is 11.9. The number of aliphatic hydroxyl groups excluding tert-OH is 3. The molecule has 1 fully saturated rings. The molecular weight excluding hydrogens is 272 g/mol. The molecule has 108 valence electrons. The minimum atomic E-state index is -1.37. The molecule has 0 amide bonds. The number of nitrogens with zero attached hydrogens (tertiary/aromatic N) is 4. The van der Waals surface area contributed by atoms with E-state index in [4.69, 9.17) is 15.6 Å². The Bertz CT molecular complexity index is 698. The monoisotopic (exact) mass is 284 g/mol. The fourth-order valence-electron chi connectivity index (χ4n) is 2.14. The Labute approximate surface area is 110 Å². The van der Waals surface area contributed by atoms with Crippen molar-refractivity contribution in [2.24, 2.45) is 0 Å². The van der Waals surface area contributed by atoms with Gasteiger partial charge >= 0.3 is 0 Å². The summed E-state index contributed by atoms with van der Waals surface area (Å²) in [5.74, 6) is -0.115. The van der Waals surface area contributed by atoms with Crippen molar-refractivity contribution in [3.8, 4) is 0 Å². The Morgan fingerprint density at radius 3 is 2.80 bits per heavy atom. The van der Waals surface area contributed by atoms with Gasteiger partial charge in [0.05, 0.1) is 6.61 Å². The average Bonchev–Trinajstić information content (AvgIpc) is 2.93. The number of hydrogen-bond donors (Lipinski definition) is 5. The number of rotatable bonds is 2. The van der Waals surface area contributed by atoms with Crippen LogP contribution in [0.5, 0.6) is 0 Å². The van der Waals surface area contributed by atoms with Crippen LogP contribution in [-0.4, -0.2) is 65.2 Å². The number of anilines is 1. The summed E-state index contributed by atoms with van der Waals surface area (Å²) in [7, 11) is 0. The minimum Gasteiger partial charge on any atom is -0.394 e. The zero-order valence-electron chi connectivity index (χ0n) is 10.0. The van der Waals surface area contributed by atoms with Crippen molar-refractivity contribution in [2.75, 3.05) is 12.3 Å². The van der Waals surface area contributed by atoms with E-state index in [2.05, 4.69) is 20.3 Å². The molecule has 11 nitrogen and oxygen atoms in total. The van der Waals surface area contributed by atoms with Crippen LogP contribution in [0.3, 0.4) is 0 Å². The second kappa shape index (κ2) is 4.49. The summed E-state index contributed by atoms with van der Waals surface area (Å²) in [5.41, 5.74) is 4.72. The van der Waals surface area contributed by atoms with E-state index in [1.165, 1.54) is 0 Å². The van der Waals surface area contributed by atoms with Gasteiger partial charge in [0.1, 0.15) is 18.3 Å². The highest BCUT2D eigenvalue weighted by Gasteiger charge is 2.44. The molecule has 3 rings (SSSR count). The van der Waals surface area contributed by atoms with Gasteiger partial charge in [0, 0.05) is 0 Å². The molecule has 0 radical (unpaired) electrons. The number of aromatic nitrogens is 5. The number of aromatic amines is 1. The van der Waals surface area contributed by atoms with Crippen LogP contribution < -0.4 is 11.3 Å². The number of ether oxygens (including phenoxy) is 1. The highest BCUT2D eigenvalue weighted by atomic mass is 16.6. The number of nitrogens with two attached hydrogens (primary N) is 1. The Hall–Kier alpha value is -2.08. The van der Waals surface area contributed by atoms with E-state index >= 15 is 0 Å². The van der Waals surface area contributed by atoms with Gasteiger partial charge in [-0.3, -0.25) is 9.78 Å². The van der Waals surface area contributed by atoms with Crippen LogP contribution in [0.25, 0.3) is 11.2 Å². The predicted octanol–water partition coefficient (Wildman–Crippen LogP) is -3.29. The number of hydrogen-bond acceptors (Lipinski definition) is 9. The molecule has 0 aromatic carbocycles. The maximum Gasteiger partial charge on any atom is 0.280 e. The highest BCUT2D eigenvalue weighted by molar-refractivity contribution is 5.69. The lowest BCUT2D eigenvalue weighted by molar-refractivity contribution is -0.0573. The number of aliphatic hydroxyl groups is 3. The number of fused-ring (bicyclic) bond motifs is 1. The minimum absolute atomic E-state index is 0.0102. The van der Waals surface area contributed by atoms with Gasteiger partial charge in [-0.1, -0.05) is 5.21 Å². The Morgan fingerprint density at radius 2 is 2.15 bits per heavy atom. The summed E-state index contributed by atoms with van der Waals surface area (Å²) in [5, 5.41) is 36.0. The lowest BCUT2D eigenvalue weighted by Crippen LogP contribution is -2.33. The molecule has 1 saturated heterocycles. The van der Waals surface area contributed by atoms with E-state index < -0.39 is 36.7 Å². The van der Waals surface area contributed by atoms with E-state index in [-0.39, 0.29) is 17.1 Å². The fourth-order valence-corrected chi connectivity index (χ4v) is 2.14. The van der Waals surface area contributed by atoms with Crippen molar-refractivity contribution in [3.63, 3.8) is 0 Å². The van der Waals surface area contributed by atoms with Crippen molar-refractivity contribution in [2.45, 2.75) is 24.5 Å². The third-order valence-corrected chi connectivity index (χ3v) is 3.12. The molecule has 3 heterocycles. The molecule has 6 N–H and O–H groups in total. The Kier molecular flexibility index (Phi) is 2.90. The lowest BCUT2D eigenvalue weighted by atomic mass is 10.1. The van der Waals surface area contributed by atoms with Crippen LogP contribution in [0.4, 0.5) is 5.95 Å². The van der Waals surface area contributed by atoms with Crippen molar-refractivity contribution in [3.05, 3.63) is 10.4 Å². The zero-order chi connectivity index (χ0) is 14.4. The van der Waals surface area contributed by atoms with Gasteiger partial charge in [-0.15, -0.1) is 5.10 Å². The number of nitrogens with one attached hydrogen (secondary N) is 1. The molecule has 0 unspecified atom stereocenters. The molecule has 0 aliphatic carbocycles. The van der Waals surface area contributed by atoms with Gasteiger partial charge in [-0.25, -0.2) is 4.68 Å². The van der Waals surface area contributed by atoms with Crippen LogP contribution in [0.2, 0.25) is 0 Å². The van der Waals surface area contributed by atoms with Crippen molar-refractivity contribution in [1.29, 1.82) is 0 Å². The third-order valence-electron chi connectivity index (χ3n) is 3.12. The predicted molar refractivity (Wildman–Crippen MR) is 63.4 cm³/mol. The largest absolute Gasteiger partial charge is 0.394 e. The first-order valence-corrected chi connectivity index (χ1v) is 5.76. The summed E-state index contributed by atoms with van der Waals surface area (Å²) in [6.45, 7) is -0.483. The second-order valence-corrected chi connectivity index (χ2v) is 4.39. The summed E-state index contributed by atoms with van der Waals surface area (Å²) in [6, 6.07) is 0. The van der Waals surface area contributed by atoms with Gasteiger partial charge in [-0.2, -0.15) is 4.98 Å². The molecule has 1 aliphatic heterocycles. The van der Waals surface area contributed by atoms with Gasteiger partial charge in [0.2, 0.25) is 11.6 Å². The molecule has 0 spiro atoms. The molecule has 20 heavy (non-hydrogen) atoms. The van der Waals surface area contributed by atoms with Crippen molar-refractivity contribution < 1.29 is 20.1 Å². The van der Waals surface area contributed by atoms with E-state index in [1.54, 1.807) is 0 Å². The maximum atomic E-state index is 11.9. The molecule has 2 aromatic heterocycles. The average molecular weight is 284 g/mol. The summed E-state index contributed by atoms with van der Waals surface area (Å²) in [6.07, 6.45) is -4.80. The third kappa shape index (κ3) is 1.76. The van der Waals surface area contributed by atoms with Crippen LogP contribution in [0, 0.1) is 0 Å². The first kappa shape index (κ1) is 12.9. The molecule has 0 bridgehead atoms. The summed E-state index contributed by atoms with van der Waals surface area (Å²) >= 11 is 0. The first-order chi connectivity index (χ1) is 9.52. The molecule has 2 aromatic rings. The summed E-state index contributed by atoms with van der Waals surface area (Å²) < 4.78 is 6.28. The lowest BCUT2D eigenvalue weighted by Gasteiger charge is -2.14. The van der Waals surface area contributed by atoms with E-state index in [1.807, 2.05) is 0 Å². The van der Waals surface area contributed by atoms with Gasteiger partial charge < -0.3 is 25.8 Å². The first-order valence-electron chi connectivity index (χ1n) is 5.76. The zero-order valence-corrected chi connectivity index (χ0v) is 10.0. The van der Waals surface area contributed by atoms with E-state index in [0.717, 1.165) is 4.68 Å². The SMILES string of the molecule is Nc1nc2nnn([C@@H]3O[C@H](CO)[C@@H](O)[C@H]3O)c2c(=O)[nH]1. The quantitative estimate of drug-likeness (QED) is 0.378. The highest BCUT2D eigenvalue weighted by Crippen LogP contribution is 2.29. The van der Waals surface area contributed by atoms with Crippen molar-refractivity contribution >= 4 is 17.1 Å². The standard InChI is InChI=1S/C9H12N6O5/c10-9-11-6-3(7(19)12-9)15(14-13-6)8-5(18)4(17)2(1-16)20-8/h2,4-5,8,16-18H,1H2,(H3,10,11,12,19)/t2-,4-,5-,8-/m1/s1. The van der Waals surface area contributed by atoms with Crippen molar-refractivity contribution in [1.82, 2.24) is 25.0 Å². The van der Waals surface area contributed by atoms with E-state index in [9.17, 15) is 15.0 Å². The number of H-pyrrole nitrogens is 1. The Balaban J connectivity index is 2.10. The normalized spacial score (nSPS) is 30.1. The smallest absolute Gasteiger partial charge is 0.280 e. The van der Waals surface area contributed by atoms with Crippen LogP contribution in [0.1, 0.15) is 6.23 Å².